The summed E-state index contributed by atoms with van der Waals surface area (Å²) in [7, 11) is 0. The maximum Gasteiger partial charge on any atom is 0.256 e. The molecular weight excluding hydrogens is 309 g/mol. The maximum atomic E-state index is 13.9. The molecule has 6 heteroatoms. The van der Waals surface area contributed by atoms with Crippen LogP contribution in [-0.4, -0.2) is 44.6 Å². The van der Waals surface area contributed by atoms with Crippen LogP contribution in [0.4, 0.5) is 4.39 Å². The quantitative estimate of drug-likeness (QED) is 0.919. The van der Waals surface area contributed by atoms with Crippen molar-refractivity contribution in [1.82, 2.24) is 14.9 Å². The SMILES string of the molecule is O=C(c1cc(F)cc2nccnc12)N1CCCC1C1CCCC1O. The van der Waals surface area contributed by atoms with Gasteiger partial charge < -0.3 is 10.0 Å². The average molecular weight is 329 g/mol. The topological polar surface area (TPSA) is 66.3 Å². The van der Waals surface area contributed by atoms with Gasteiger partial charge in [0.2, 0.25) is 0 Å². The van der Waals surface area contributed by atoms with Crippen molar-refractivity contribution in [2.45, 2.75) is 44.2 Å². The minimum absolute atomic E-state index is 0.0324. The Bertz CT molecular complexity index is 782. The molecule has 1 aliphatic heterocycles. The summed E-state index contributed by atoms with van der Waals surface area (Å²) in [5.41, 5.74) is 1.08. The normalized spacial score (nSPS) is 27.1. The largest absolute Gasteiger partial charge is 0.393 e. The zero-order valence-electron chi connectivity index (χ0n) is 13.4. The predicted molar refractivity (Wildman–Crippen MR) is 86.9 cm³/mol. The molecule has 1 N–H and O–H groups in total. The van der Waals surface area contributed by atoms with E-state index < -0.39 is 5.82 Å². The minimum Gasteiger partial charge on any atom is -0.393 e. The third-order valence-electron chi connectivity index (χ3n) is 5.35. The number of likely N-dealkylation sites (tertiary alicyclic amines) is 1. The second-order valence-corrected chi connectivity index (χ2v) is 6.75. The molecule has 1 amide bonds. The Morgan fingerprint density at radius 1 is 1.17 bits per heavy atom. The molecule has 2 heterocycles. The number of rotatable bonds is 2. The van der Waals surface area contributed by atoms with Crippen molar-refractivity contribution in [3.63, 3.8) is 0 Å². The van der Waals surface area contributed by atoms with Gasteiger partial charge in [-0.25, -0.2) is 4.39 Å². The van der Waals surface area contributed by atoms with Gasteiger partial charge in [-0.1, -0.05) is 6.42 Å². The van der Waals surface area contributed by atoms with Crippen LogP contribution in [0.3, 0.4) is 0 Å². The Labute approximate surface area is 139 Å². The predicted octanol–water partition coefficient (Wildman–Crippen LogP) is 2.53. The lowest BCUT2D eigenvalue weighted by atomic mass is 9.93. The zero-order valence-corrected chi connectivity index (χ0v) is 13.4. The van der Waals surface area contributed by atoms with Crippen molar-refractivity contribution in [3.05, 3.63) is 35.9 Å². The van der Waals surface area contributed by atoms with E-state index in [9.17, 15) is 14.3 Å². The van der Waals surface area contributed by atoms with Gasteiger partial charge >= 0.3 is 0 Å². The minimum atomic E-state index is -0.483. The number of aliphatic hydroxyl groups is 1. The highest BCUT2D eigenvalue weighted by Crippen LogP contribution is 2.36. The van der Waals surface area contributed by atoms with Gasteiger partial charge in [-0.2, -0.15) is 0 Å². The lowest BCUT2D eigenvalue weighted by Gasteiger charge is -2.31. The summed E-state index contributed by atoms with van der Waals surface area (Å²) in [6, 6.07) is 2.58. The van der Waals surface area contributed by atoms with Crippen molar-refractivity contribution in [3.8, 4) is 0 Å². The van der Waals surface area contributed by atoms with Gasteiger partial charge in [0.25, 0.3) is 5.91 Å². The average Bonchev–Trinajstić information content (AvgIpc) is 3.21. The molecule has 5 nitrogen and oxygen atoms in total. The van der Waals surface area contributed by atoms with E-state index in [0.29, 0.717) is 17.6 Å². The van der Waals surface area contributed by atoms with E-state index in [2.05, 4.69) is 9.97 Å². The molecule has 0 bridgehead atoms. The van der Waals surface area contributed by atoms with Gasteiger partial charge in [-0.15, -0.1) is 0 Å². The zero-order chi connectivity index (χ0) is 16.7. The van der Waals surface area contributed by atoms with Crippen LogP contribution >= 0.6 is 0 Å². The molecule has 3 unspecified atom stereocenters. The molecule has 4 rings (SSSR count). The molecule has 2 aromatic rings. The first kappa shape index (κ1) is 15.4. The Balaban J connectivity index is 1.70. The molecule has 1 aromatic heterocycles. The third-order valence-corrected chi connectivity index (χ3v) is 5.35. The highest BCUT2D eigenvalue weighted by molar-refractivity contribution is 6.04. The third kappa shape index (κ3) is 2.55. The summed E-state index contributed by atoms with van der Waals surface area (Å²) in [4.78, 5) is 23.2. The fourth-order valence-electron chi connectivity index (χ4n) is 4.27. The number of benzene rings is 1. The van der Waals surface area contributed by atoms with Gasteiger partial charge in [0, 0.05) is 37.0 Å². The van der Waals surface area contributed by atoms with Crippen LogP contribution in [0, 0.1) is 11.7 Å². The van der Waals surface area contributed by atoms with Crippen LogP contribution in [0.2, 0.25) is 0 Å². The van der Waals surface area contributed by atoms with Crippen LogP contribution in [0.5, 0.6) is 0 Å². The van der Waals surface area contributed by atoms with Crippen molar-refractivity contribution in [1.29, 1.82) is 0 Å². The Kier molecular flexibility index (Phi) is 3.92. The number of aromatic nitrogens is 2. The molecule has 1 aromatic carbocycles. The fraction of sp³-hybridized carbons (Fsp3) is 0.500. The maximum absolute atomic E-state index is 13.9. The number of halogens is 1. The van der Waals surface area contributed by atoms with Crippen LogP contribution < -0.4 is 0 Å². The van der Waals surface area contributed by atoms with Crippen LogP contribution in [0.15, 0.2) is 24.5 Å². The fourth-order valence-corrected chi connectivity index (χ4v) is 4.27. The monoisotopic (exact) mass is 329 g/mol. The number of hydrogen-bond donors (Lipinski definition) is 1. The molecular formula is C18H20FN3O2. The summed E-state index contributed by atoms with van der Waals surface area (Å²) in [5, 5.41) is 10.2. The number of fused-ring (bicyclic) bond motifs is 1. The van der Waals surface area contributed by atoms with Crippen molar-refractivity contribution in [2.24, 2.45) is 5.92 Å². The first-order valence-electron chi connectivity index (χ1n) is 8.54. The lowest BCUT2D eigenvalue weighted by molar-refractivity contribution is 0.0529. The first-order chi connectivity index (χ1) is 11.6. The van der Waals surface area contributed by atoms with Crippen molar-refractivity contribution < 1.29 is 14.3 Å². The van der Waals surface area contributed by atoms with E-state index in [1.54, 1.807) is 0 Å². The Morgan fingerprint density at radius 3 is 2.79 bits per heavy atom. The second-order valence-electron chi connectivity index (χ2n) is 6.75. The van der Waals surface area contributed by atoms with Gasteiger partial charge in [0.15, 0.2) is 0 Å². The van der Waals surface area contributed by atoms with Gasteiger partial charge in [0.1, 0.15) is 11.3 Å². The molecule has 0 radical (unpaired) electrons. The number of nitrogens with zero attached hydrogens (tertiary/aromatic N) is 3. The van der Waals surface area contributed by atoms with Gasteiger partial charge in [0.05, 0.1) is 17.2 Å². The Morgan fingerprint density at radius 2 is 2.00 bits per heavy atom. The molecule has 1 saturated heterocycles. The van der Waals surface area contributed by atoms with Crippen molar-refractivity contribution >= 4 is 16.9 Å². The molecule has 3 atom stereocenters. The van der Waals surface area contributed by atoms with Crippen LogP contribution in [0.25, 0.3) is 11.0 Å². The van der Waals surface area contributed by atoms with Gasteiger partial charge in [-0.05, 0) is 31.7 Å². The number of carbonyl (C=O) groups is 1. The molecule has 2 aliphatic rings. The number of hydrogen-bond acceptors (Lipinski definition) is 4. The molecule has 2 fully saturated rings. The standard InChI is InChI=1S/C18H20FN3O2/c19-11-9-13(17-14(10-11)20-6-7-21-17)18(24)22-8-2-4-15(22)12-3-1-5-16(12)23/h6-7,9-10,12,15-16,23H,1-5,8H2. The molecule has 1 saturated carbocycles. The van der Waals surface area contributed by atoms with E-state index in [1.165, 1.54) is 24.5 Å². The summed E-state index contributed by atoms with van der Waals surface area (Å²) in [6.07, 6.45) is 7.22. The Hall–Kier alpha value is -2.08. The molecule has 1 aliphatic carbocycles. The molecule has 24 heavy (non-hydrogen) atoms. The molecule has 126 valence electrons. The summed E-state index contributed by atoms with van der Waals surface area (Å²) in [6.45, 7) is 0.644. The highest BCUT2D eigenvalue weighted by atomic mass is 19.1. The number of carbonyl (C=O) groups excluding carboxylic acids is 1. The van der Waals surface area contributed by atoms with Crippen LogP contribution in [0.1, 0.15) is 42.5 Å². The van der Waals surface area contributed by atoms with E-state index >= 15 is 0 Å². The smallest absolute Gasteiger partial charge is 0.256 e. The van der Waals surface area contributed by atoms with Gasteiger partial charge in [-0.3, -0.25) is 14.8 Å². The second kappa shape index (κ2) is 6.09. The van der Waals surface area contributed by atoms with Crippen LogP contribution in [-0.2, 0) is 0 Å². The van der Waals surface area contributed by atoms with E-state index in [4.69, 9.17) is 0 Å². The highest BCUT2D eigenvalue weighted by Gasteiger charge is 2.40. The summed E-state index contributed by atoms with van der Waals surface area (Å²) in [5.74, 6) is -0.563. The van der Waals surface area contributed by atoms with Crippen molar-refractivity contribution in [2.75, 3.05) is 6.54 Å². The summed E-state index contributed by atoms with van der Waals surface area (Å²) < 4.78 is 13.9. The summed E-state index contributed by atoms with van der Waals surface area (Å²) >= 11 is 0. The van der Waals surface area contributed by atoms with E-state index in [0.717, 1.165) is 32.1 Å². The van der Waals surface area contributed by atoms with E-state index in [-0.39, 0.29) is 29.5 Å². The number of aliphatic hydroxyl groups excluding tert-OH is 1. The first-order valence-corrected chi connectivity index (χ1v) is 8.54. The van der Waals surface area contributed by atoms with E-state index in [1.807, 2.05) is 4.90 Å². The molecule has 0 spiro atoms. The number of amides is 1. The lowest BCUT2D eigenvalue weighted by Crippen LogP contribution is -2.42.